The van der Waals surface area contributed by atoms with Gasteiger partial charge in [-0.1, -0.05) is 5.16 Å². The Kier molecular flexibility index (Phi) is 2.93. The highest BCUT2D eigenvalue weighted by Crippen LogP contribution is 1.93. The minimum Gasteiger partial charge on any atom is -0.265 e. The second-order valence-corrected chi connectivity index (χ2v) is 3.02. The number of hydrogen-bond donors (Lipinski definition) is 1. The quantitative estimate of drug-likeness (QED) is 0.430. The van der Waals surface area contributed by atoms with Crippen LogP contribution < -0.4 is 0 Å². The number of pyridine rings is 1. The molecule has 13 heavy (non-hydrogen) atoms. The lowest BCUT2D eigenvalue weighted by atomic mass is 10.3. The lowest BCUT2D eigenvalue weighted by Crippen LogP contribution is -1.98. The molecular formula is C6H6N2O4S. The zero-order chi connectivity index (χ0) is 9.73. The van der Waals surface area contributed by atoms with E-state index in [-0.39, 0.29) is 0 Å². The molecule has 0 saturated carbocycles. The van der Waals surface area contributed by atoms with Crippen LogP contribution in [0.3, 0.4) is 0 Å². The fourth-order valence-electron chi connectivity index (χ4n) is 0.586. The van der Waals surface area contributed by atoms with Crippen molar-refractivity contribution in [3.63, 3.8) is 0 Å². The van der Waals surface area contributed by atoms with E-state index in [9.17, 15) is 8.42 Å². The predicted molar refractivity (Wildman–Crippen MR) is 44.5 cm³/mol. The fourth-order valence-corrected chi connectivity index (χ4v) is 0.738. The van der Waals surface area contributed by atoms with E-state index in [1.54, 1.807) is 12.1 Å². The molecule has 0 bridgehead atoms. The highest BCUT2D eigenvalue weighted by Gasteiger charge is 2.00. The van der Waals surface area contributed by atoms with Gasteiger partial charge in [-0.25, -0.2) is 4.28 Å². The first-order valence-electron chi connectivity index (χ1n) is 3.17. The van der Waals surface area contributed by atoms with E-state index in [2.05, 4.69) is 14.4 Å². The van der Waals surface area contributed by atoms with Crippen LogP contribution in [-0.2, 0) is 14.7 Å². The van der Waals surface area contributed by atoms with Crippen molar-refractivity contribution in [1.29, 1.82) is 0 Å². The normalized spacial score (nSPS) is 11.8. The Morgan fingerprint density at radius 3 is 2.62 bits per heavy atom. The van der Waals surface area contributed by atoms with Gasteiger partial charge in [-0.05, 0) is 17.7 Å². The van der Waals surface area contributed by atoms with Gasteiger partial charge in [-0.3, -0.25) is 9.54 Å². The summed E-state index contributed by atoms with van der Waals surface area (Å²) in [6.07, 6.45) is 4.15. The van der Waals surface area contributed by atoms with E-state index in [1.807, 2.05) is 0 Å². The first-order valence-corrected chi connectivity index (χ1v) is 4.54. The van der Waals surface area contributed by atoms with Crippen LogP contribution in [-0.4, -0.2) is 24.2 Å². The van der Waals surface area contributed by atoms with Gasteiger partial charge in [-0.2, -0.15) is 8.42 Å². The Morgan fingerprint density at radius 1 is 1.46 bits per heavy atom. The zero-order valence-electron chi connectivity index (χ0n) is 6.36. The number of aromatic nitrogens is 1. The molecule has 0 fully saturated rings. The molecule has 0 saturated heterocycles. The van der Waals surface area contributed by atoms with Gasteiger partial charge in [-0.15, -0.1) is 0 Å². The molecule has 0 spiro atoms. The van der Waals surface area contributed by atoms with Crippen molar-refractivity contribution in [3.05, 3.63) is 30.1 Å². The number of oxime groups is 1. The predicted octanol–water partition coefficient (Wildman–Crippen LogP) is 0.235. The Morgan fingerprint density at radius 2 is 2.08 bits per heavy atom. The Bertz CT molecular complexity index is 386. The van der Waals surface area contributed by atoms with Crippen molar-refractivity contribution >= 4 is 16.6 Å². The summed E-state index contributed by atoms with van der Waals surface area (Å²) in [6.45, 7) is 0. The van der Waals surface area contributed by atoms with Crippen molar-refractivity contribution in [2.24, 2.45) is 5.16 Å². The fraction of sp³-hybridized carbons (Fsp3) is 0. The lowest BCUT2D eigenvalue weighted by Gasteiger charge is -1.90. The van der Waals surface area contributed by atoms with Gasteiger partial charge in [0.05, 0.1) is 6.21 Å². The molecule has 1 aromatic rings. The molecule has 6 nitrogen and oxygen atoms in total. The third-order valence-electron chi connectivity index (χ3n) is 1.05. The minimum absolute atomic E-state index is 0.610. The van der Waals surface area contributed by atoms with E-state index < -0.39 is 10.4 Å². The summed E-state index contributed by atoms with van der Waals surface area (Å²) in [5.74, 6) is 0. The Balaban J connectivity index is 2.61. The monoisotopic (exact) mass is 202 g/mol. The van der Waals surface area contributed by atoms with Crippen molar-refractivity contribution in [2.45, 2.75) is 0 Å². The molecule has 0 aliphatic carbocycles. The van der Waals surface area contributed by atoms with Crippen LogP contribution in [0.1, 0.15) is 5.56 Å². The molecule has 0 unspecified atom stereocenters. The van der Waals surface area contributed by atoms with E-state index in [0.29, 0.717) is 5.56 Å². The average Bonchev–Trinajstić information content (AvgIpc) is 2.04. The molecule has 0 aliphatic heterocycles. The molecule has 0 aromatic carbocycles. The van der Waals surface area contributed by atoms with Crippen LogP contribution in [0.5, 0.6) is 0 Å². The molecule has 0 atom stereocenters. The lowest BCUT2D eigenvalue weighted by molar-refractivity contribution is 0.284. The smallest absolute Gasteiger partial charge is 0.265 e. The topological polar surface area (TPSA) is 88.9 Å². The third-order valence-corrected chi connectivity index (χ3v) is 1.32. The maximum Gasteiger partial charge on any atom is 0.466 e. The van der Waals surface area contributed by atoms with Gasteiger partial charge in [0.15, 0.2) is 0 Å². The van der Waals surface area contributed by atoms with Crippen LogP contribution in [0.4, 0.5) is 0 Å². The Labute approximate surface area is 74.8 Å². The first-order chi connectivity index (χ1) is 6.08. The van der Waals surface area contributed by atoms with Crippen LogP contribution in [0.25, 0.3) is 0 Å². The largest absolute Gasteiger partial charge is 0.466 e. The summed E-state index contributed by atoms with van der Waals surface area (Å²) < 4.78 is 31.9. The molecule has 0 amide bonds. The van der Waals surface area contributed by atoms with Gasteiger partial charge in [0, 0.05) is 12.4 Å². The second-order valence-electron chi connectivity index (χ2n) is 2.02. The van der Waals surface area contributed by atoms with Gasteiger partial charge in [0.2, 0.25) is 0 Å². The minimum atomic E-state index is -4.51. The number of hydrogen-bond acceptors (Lipinski definition) is 5. The van der Waals surface area contributed by atoms with Gasteiger partial charge in [0.1, 0.15) is 0 Å². The summed E-state index contributed by atoms with van der Waals surface area (Å²) in [6, 6.07) is 3.19. The summed E-state index contributed by atoms with van der Waals surface area (Å²) >= 11 is 0. The average molecular weight is 202 g/mol. The standard InChI is InChI=1S/C6H6N2O4S/c9-13(10,11)12-8-5-6-1-3-7-4-2-6/h1-5H,(H,9,10,11). The maximum absolute atomic E-state index is 10.0. The van der Waals surface area contributed by atoms with Crippen molar-refractivity contribution in [1.82, 2.24) is 4.98 Å². The molecule has 1 aromatic heterocycles. The van der Waals surface area contributed by atoms with Crippen LogP contribution >= 0.6 is 0 Å². The van der Waals surface area contributed by atoms with Crippen molar-refractivity contribution in [2.75, 3.05) is 0 Å². The Hall–Kier alpha value is -1.47. The van der Waals surface area contributed by atoms with E-state index >= 15 is 0 Å². The maximum atomic E-state index is 10.0. The highest BCUT2D eigenvalue weighted by atomic mass is 32.3. The van der Waals surface area contributed by atoms with Crippen LogP contribution in [0.15, 0.2) is 29.7 Å². The molecule has 7 heteroatoms. The molecular weight excluding hydrogens is 196 g/mol. The molecule has 0 aliphatic rings. The summed E-state index contributed by atoms with van der Waals surface area (Å²) in [5, 5.41) is 3.02. The summed E-state index contributed by atoms with van der Waals surface area (Å²) in [4.78, 5) is 3.73. The zero-order valence-corrected chi connectivity index (χ0v) is 7.18. The molecule has 1 N–H and O–H groups in total. The molecule has 1 heterocycles. The van der Waals surface area contributed by atoms with Crippen LogP contribution in [0.2, 0.25) is 0 Å². The van der Waals surface area contributed by atoms with Crippen molar-refractivity contribution < 1.29 is 17.3 Å². The summed E-state index contributed by atoms with van der Waals surface area (Å²) in [5.41, 5.74) is 0.610. The summed E-state index contributed by atoms with van der Waals surface area (Å²) in [7, 11) is -4.51. The van der Waals surface area contributed by atoms with Gasteiger partial charge in [0.25, 0.3) is 0 Å². The van der Waals surface area contributed by atoms with E-state index in [4.69, 9.17) is 4.55 Å². The van der Waals surface area contributed by atoms with E-state index in [0.717, 1.165) is 6.21 Å². The second kappa shape index (κ2) is 3.97. The highest BCUT2D eigenvalue weighted by molar-refractivity contribution is 7.80. The molecule has 70 valence electrons. The van der Waals surface area contributed by atoms with Gasteiger partial charge < -0.3 is 0 Å². The van der Waals surface area contributed by atoms with Crippen LogP contribution in [0, 0.1) is 0 Å². The SMILES string of the molecule is O=S(=O)(O)ON=Cc1ccncc1. The van der Waals surface area contributed by atoms with Gasteiger partial charge >= 0.3 is 10.4 Å². The van der Waals surface area contributed by atoms with E-state index in [1.165, 1.54) is 12.4 Å². The molecule has 1 rings (SSSR count). The number of nitrogens with zero attached hydrogens (tertiary/aromatic N) is 2. The third kappa shape index (κ3) is 4.19. The first kappa shape index (κ1) is 9.62. The van der Waals surface area contributed by atoms with Crippen molar-refractivity contribution in [3.8, 4) is 0 Å². The number of rotatable bonds is 3. The molecule has 0 radical (unpaired) electrons.